The van der Waals surface area contributed by atoms with Crippen molar-refractivity contribution in [2.75, 3.05) is 12.4 Å². The van der Waals surface area contributed by atoms with Gasteiger partial charge in [0.2, 0.25) is 0 Å². The van der Waals surface area contributed by atoms with Gasteiger partial charge in [-0.2, -0.15) is 0 Å². The van der Waals surface area contributed by atoms with E-state index in [1.807, 2.05) is 0 Å². The Kier molecular flexibility index (Phi) is 2.37. The molecule has 0 saturated carbocycles. The van der Waals surface area contributed by atoms with E-state index in [1.165, 1.54) is 6.33 Å². The Labute approximate surface area is 105 Å². The van der Waals surface area contributed by atoms with Crippen molar-refractivity contribution >= 4 is 17.0 Å². The second-order valence-electron chi connectivity index (χ2n) is 4.23. The molecule has 0 aliphatic carbocycles. The summed E-state index contributed by atoms with van der Waals surface area (Å²) in [6, 6.07) is 0. The van der Waals surface area contributed by atoms with Gasteiger partial charge in [-0.1, -0.05) is 0 Å². The van der Waals surface area contributed by atoms with E-state index in [4.69, 9.17) is 6.11 Å². The first-order valence-corrected chi connectivity index (χ1v) is 5.72. The summed E-state index contributed by atoms with van der Waals surface area (Å²) < 4.78 is 14.8. The third kappa shape index (κ3) is 1.63. The van der Waals surface area contributed by atoms with E-state index in [-0.39, 0.29) is 13.1 Å². The molecular weight excluding hydrogens is 234 g/mol. The summed E-state index contributed by atoms with van der Waals surface area (Å²) in [6.07, 6.45) is 2.12. The molecule has 18 heavy (non-hydrogen) atoms. The number of nitrogens with zero attached hydrogens (tertiary/aromatic N) is 4. The van der Waals surface area contributed by atoms with Crippen LogP contribution in [0.25, 0.3) is 11.2 Å². The van der Waals surface area contributed by atoms with Gasteiger partial charge in [-0.05, 0) is 6.90 Å². The molecule has 1 aliphatic rings. The molecule has 1 fully saturated rings. The van der Waals surface area contributed by atoms with Crippen molar-refractivity contribution < 1.29 is 11.2 Å². The maximum absolute atomic E-state index is 9.81. The summed E-state index contributed by atoms with van der Waals surface area (Å²) in [5.41, 5.74) is 1.32. The standard InChI is InChI=1S/C11H15N5O2/c1-6-7(17)3-8(18-6)16-5-15-9-10(12-2)13-4-14-11(9)16/h4-8,17H,3H2,1-2H3,(H,12,13,14)/t6-,7-,8-/m1/s1/i1T. The van der Waals surface area contributed by atoms with E-state index in [1.54, 1.807) is 17.9 Å². The van der Waals surface area contributed by atoms with Crippen molar-refractivity contribution in [3.05, 3.63) is 12.7 Å². The number of nitrogens with one attached hydrogen (secondary N) is 1. The van der Waals surface area contributed by atoms with E-state index in [9.17, 15) is 5.11 Å². The highest BCUT2D eigenvalue weighted by Gasteiger charge is 2.32. The lowest BCUT2D eigenvalue weighted by Gasteiger charge is -2.12. The van der Waals surface area contributed by atoms with Gasteiger partial charge in [-0.25, -0.2) is 15.0 Å². The van der Waals surface area contributed by atoms with Crippen molar-refractivity contribution in [1.29, 1.82) is 0 Å². The zero-order valence-electron chi connectivity index (χ0n) is 10.9. The van der Waals surface area contributed by atoms with Gasteiger partial charge in [0.05, 0.1) is 18.5 Å². The van der Waals surface area contributed by atoms with E-state index in [2.05, 4.69) is 20.3 Å². The van der Waals surface area contributed by atoms with Crippen LogP contribution < -0.4 is 5.32 Å². The topological polar surface area (TPSA) is 85.1 Å². The fourth-order valence-electron chi connectivity index (χ4n) is 2.13. The quantitative estimate of drug-likeness (QED) is 0.810. The second kappa shape index (κ2) is 4.18. The van der Waals surface area contributed by atoms with Crippen LogP contribution in [-0.2, 0) is 4.74 Å². The molecule has 7 nitrogen and oxygen atoms in total. The Hall–Kier alpha value is -1.73. The number of hydrogen-bond acceptors (Lipinski definition) is 6. The zero-order chi connectivity index (χ0) is 13.4. The predicted molar refractivity (Wildman–Crippen MR) is 65.1 cm³/mol. The molecular formula is C11H15N5O2. The summed E-state index contributed by atoms with van der Waals surface area (Å²) in [5, 5.41) is 12.8. The Balaban J connectivity index is 1.98. The van der Waals surface area contributed by atoms with Crippen LogP contribution in [0.2, 0.25) is 0 Å². The van der Waals surface area contributed by atoms with Gasteiger partial charge in [0.25, 0.3) is 0 Å². The maximum atomic E-state index is 9.81. The van der Waals surface area contributed by atoms with Crippen molar-refractivity contribution in [2.24, 2.45) is 0 Å². The molecule has 7 heteroatoms. The predicted octanol–water partition coefficient (Wildman–Crippen LogP) is 0.536. The van der Waals surface area contributed by atoms with Crippen molar-refractivity contribution in [1.82, 2.24) is 19.5 Å². The Morgan fingerprint density at radius 3 is 3.17 bits per heavy atom. The van der Waals surface area contributed by atoms with Crippen LogP contribution in [0.5, 0.6) is 0 Å². The summed E-state index contributed by atoms with van der Waals surface area (Å²) in [6.45, 7) is 0.0427. The van der Waals surface area contributed by atoms with Crippen molar-refractivity contribution in [2.45, 2.75) is 31.8 Å². The number of ether oxygens (including phenoxy) is 1. The molecule has 2 aromatic rings. The molecule has 0 radical (unpaired) electrons. The molecule has 1 saturated heterocycles. The van der Waals surface area contributed by atoms with E-state index >= 15 is 0 Å². The fraction of sp³-hybridized carbons (Fsp3) is 0.545. The first kappa shape index (κ1) is 10.2. The van der Waals surface area contributed by atoms with Crippen LogP contribution >= 0.6 is 0 Å². The Morgan fingerprint density at radius 2 is 2.44 bits per heavy atom. The lowest BCUT2D eigenvalue weighted by Crippen LogP contribution is -2.15. The average Bonchev–Trinajstić information content (AvgIpc) is 3.01. The average molecular weight is 251 g/mol. The molecule has 0 amide bonds. The number of aliphatic hydroxyl groups excluding tert-OH is 1. The molecule has 2 aromatic heterocycles. The highest BCUT2D eigenvalue weighted by molar-refractivity contribution is 5.82. The zero-order valence-corrected chi connectivity index (χ0v) is 9.95. The molecule has 0 spiro atoms. The second-order valence-corrected chi connectivity index (χ2v) is 4.23. The van der Waals surface area contributed by atoms with Gasteiger partial charge in [-0.3, -0.25) is 4.57 Å². The molecule has 1 aliphatic heterocycles. The lowest BCUT2D eigenvalue weighted by molar-refractivity contribution is -0.00632. The van der Waals surface area contributed by atoms with Crippen LogP contribution in [0, 0.1) is 0 Å². The van der Waals surface area contributed by atoms with Gasteiger partial charge in [0, 0.05) is 14.8 Å². The highest BCUT2D eigenvalue weighted by atomic mass is 16.5. The largest absolute Gasteiger partial charge is 0.390 e. The van der Waals surface area contributed by atoms with Crippen LogP contribution in [0.1, 0.15) is 20.9 Å². The SMILES string of the molecule is [3H]C[C@H]1O[C@@H](n2cnc3c(NC)ncnc32)C[C@H]1O. The molecule has 3 heterocycles. The minimum atomic E-state index is -0.620. The first-order valence-electron chi connectivity index (χ1n) is 6.43. The third-order valence-electron chi connectivity index (χ3n) is 3.11. The summed E-state index contributed by atoms with van der Waals surface area (Å²) >= 11 is 0. The Morgan fingerprint density at radius 1 is 1.56 bits per heavy atom. The molecule has 96 valence electrons. The fourth-order valence-corrected chi connectivity index (χ4v) is 2.13. The monoisotopic (exact) mass is 251 g/mol. The van der Waals surface area contributed by atoms with E-state index in [0.717, 1.165) is 0 Å². The first-order chi connectivity index (χ1) is 9.24. The molecule has 3 rings (SSSR count). The van der Waals surface area contributed by atoms with Gasteiger partial charge < -0.3 is 15.2 Å². The minimum Gasteiger partial charge on any atom is -0.390 e. The maximum Gasteiger partial charge on any atom is 0.167 e. The number of rotatable bonds is 2. The molecule has 2 N–H and O–H groups in total. The van der Waals surface area contributed by atoms with Crippen LogP contribution in [0.3, 0.4) is 0 Å². The van der Waals surface area contributed by atoms with Crippen LogP contribution in [0.15, 0.2) is 12.7 Å². The smallest absolute Gasteiger partial charge is 0.167 e. The van der Waals surface area contributed by atoms with E-state index in [0.29, 0.717) is 23.4 Å². The van der Waals surface area contributed by atoms with Gasteiger partial charge in [0.1, 0.15) is 18.1 Å². The molecule has 3 atom stereocenters. The van der Waals surface area contributed by atoms with Crippen LogP contribution in [0.4, 0.5) is 5.82 Å². The van der Waals surface area contributed by atoms with Gasteiger partial charge in [0.15, 0.2) is 11.5 Å². The van der Waals surface area contributed by atoms with Crippen molar-refractivity contribution in [3.63, 3.8) is 0 Å². The summed E-state index contributed by atoms with van der Waals surface area (Å²) in [7, 11) is 1.77. The molecule has 0 aromatic carbocycles. The number of hydrogen-bond donors (Lipinski definition) is 2. The minimum absolute atomic E-state index is 0.0427. The Bertz CT molecular complexity index is 589. The lowest BCUT2D eigenvalue weighted by atomic mass is 10.2. The molecule has 0 unspecified atom stereocenters. The van der Waals surface area contributed by atoms with Crippen molar-refractivity contribution in [3.8, 4) is 0 Å². The van der Waals surface area contributed by atoms with Gasteiger partial charge in [-0.15, -0.1) is 0 Å². The normalized spacial score (nSPS) is 28.6. The summed E-state index contributed by atoms with van der Waals surface area (Å²) in [4.78, 5) is 12.6. The summed E-state index contributed by atoms with van der Waals surface area (Å²) in [5.74, 6) is 0.652. The van der Waals surface area contributed by atoms with E-state index < -0.39 is 12.2 Å². The number of aliphatic hydroxyl groups is 1. The third-order valence-corrected chi connectivity index (χ3v) is 3.11. The molecule has 0 bridgehead atoms. The number of anilines is 1. The number of imidazole rings is 1. The van der Waals surface area contributed by atoms with Gasteiger partial charge >= 0.3 is 0 Å². The highest BCUT2D eigenvalue weighted by Crippen LogP contribution is 2.31. The number of aromatic nitrogens is 4. The van der Waals surface area contributed by atoms with Crippen LogP contribution in [-0.4, -0.2) is 43.9 Å². The number of fused-ring (bicyclic) bond motifs is 1.